The third kappa shape index (κ3) is 4.04. The van der Waals surface area contributed by atoms with Gasteiger partial charge in [0.2, 0.25) is 5.91 Å². The fraction of sp³-hybridized carbons (Fsp3) is 0.750. The molecule has 134 valence electrons. The Labute approximate surface area is 141 Å². The van der Waals surface area contributed by atoms with Crippen molar-refractivity contribution in [2.75, 3.05) is 26.7 Å². The number of carbonyl (C=O) groups is 4. The second kappa shape index (κ2) is 7.63. The van der Waals surface area contributed by atoms with Crippen molar-refractivity contribution in [2.45, 2.75) is 39.2 Å². The summed E-state index contributed by atoms with van der Waals surface area (Å²) in [6, 6.07) is -1.06. The number of nitrogens with zero attached hydrogens (tertiary/aromatic N) is 2. The molecule has 2 fully saturated rings. The van der Waals surface area contributed by atoms with Crippen LogP contribution in [0.5, 0.6) is 0 Å². The van der Waals surface area contributed by atoms with Crippen molar-refractivity contribution < 1.29 is 23.9 Å². The highest BCUT2D eigenvalue weighted by Gasteiger charge is 2.40. The number of carbonyl (C=O) groups excluding carboxylic acids is 4. The van der Waals surface area contributed by atoms with Crippen LogP contribution in [0.15, 0.2) is 0 Å². The number of hydrogen-bond donors (Lipinski definition) is 1. The van der Waals surface area contributed by atoms with E-state index in [4.69, 9.17) is 4.74 Å². The first-order chi connectivity index (χ1) is 11.3. The van der Waals surface area contributed by atoms with E-state index in [0.717, 1.165) is 4.90 Å². The van der Waals surface area contributed by atoms with Crippen LogP contribution in [0.25, 0.3) is 0 Å². The number of methoxy groups -OCH3 is 1. The second-order valence-corrected chi connectivity index (χ2v) is 6.73. The van der Waals surface area contributed by atoms with Crippen LogP contribution in [0.4, 0.5) is 4.79 Å². The van der Waals surface area contributed by atoms with Crippen molar-refractivity contribution in [1.82, 2.24) is 15.1 Å². The third-order valence-corrected chi connectivity index (χ3v) is 4.49. The quantitative estimate of drug-likeness (QED) is 0.576. The molecule has 0 aromatic rings. The lowest BCUT2D eigenvalue weighted by molar-refractivity contribution is -0.149. The Kier molecular flexibility index (Phi) is 5.80. The van der Waals surface area contributed by atoms with Crippen LogP contribution >= 0.6 is 0 Å². The summed E-state index contributed by atoms with van der Waals surface area (Å²) in [5.74, 6) is -0.787. The number of rotatable bonds is 5. The van der Waals surface area contributed by atoms with E-state index >= 15 is 0 Å². The van der Waals surface area contributed by atoms with Crippen LogP contribution in [0, 0.1) is 11.8 Å². The predicted octanol–water partition coefficient (Wildman–Crippen LogP) is 0.365. The predicted molar refractivity (Wildman–Crippen MR) is 84.8 cm³/mol. The molecule has 8 heteroatoms. The van der Waals surface area contributed by atoms with Gasteiger partial charge in [0.15, 0.2) is 0 Å². The van der Waals surface area contributed by atoms with Gasteiger partial charge < -0.3 is 15.0 Å². The molecule has 2 rings (SSSR count). The third-order valence-electron chi connectivity index (χ3n) is 4.49. The molecule has 24 heavy (non-hydrogen) atoms. The molecule has 2 aliphatic heterocycles. The molecule has 1 N–H and O–H groups in total. The smallest absolute Gasteiger partial charge is 0.325 e. The Morgan fingerprint density at radius 1 is 1.25 bits per heavy atom. The van der Waals surface area contributed by atoms with Gasteiger partial charge >= 0.3 is 12.0 Å². The van der Waals surface area contributed by atoms with Gasteiger partial charge in [-0.15, -0.1) is 0 Å². The fourth-order valence-electron chi connectivity index (χ4n) is 3.12. The number of imide groups is 1. The van der Waals surface area contributed by atoms with Crippen molar-refractivity contribution in [3.8, 4) is 0 Å². The van der Waals surface area contributed by atoms with E-state index in [9.17, 15) is 19.2 Å². The number of nitrogens with one attached hydrogen (secondary N) is 1. The monoisotopic (exact) mass is 339 g/mol. The number of amides is 4. The van der Waals surface area contributed by atoms with E-state index in [-0.39, 0.29) is 36.2 Å². The summed E-state index contributed by atoms with van der Waals surface area (Å²) in [5.41, 5.74) is 0. The van der Waals surface area contributed by atoms with Crippen molar-refractivity contribution in [3.05, 3.63) is 0 Å². The fourth-order valence-corrected chi connectivity index (χ4v) is 3.12. The van der Waals surface area contributed by atoms with Crippen LogP contribution in [0.2, 0.25) is 0 Å². The van der Waals surface area contributed by atoms with Crippen LogP contribution in [0.1, 0.15) is 33.1 Å². The lowest BCUT2D eigenvalue weighted by atomic mass is 9.97. The molecule has 4 amide bonds. The Bertz CT molecular complexity index is 526. The largest absolute Gasteiger partial charge is 0.469 e. The Morgan fingerprint density at radius 2 is 1.88 bits per heavy atom. The Hall–Kier alpha value is -2.12. The minimum Gasteiger partial charge on any atom is -0.469 e. The lowest BCUT2D eigenvalue weighted by Gasteiger charge is -2.31. The van der Waals surface area contributed by atoms with Gasteiger partial charge in [-0.05, 0) is 25.2 Å². The molecule has 0 unspecified atom stereocenters. The lowest BCUT2D eigenvalue weighted by Crippen LogP contribution is -2.46. The van der Waals surface area contributed by atoms with Crippen molar-refractivity contribution in [1.29, 1.82) is 0 Å². The zero-order chi connectivity index (χ0) is 17.9. The van der Waals surface area contributed by atoms with Gasteiger partial charge in [-0.25, -0.2) is 4.79 Å². The van der Waals surface area contributed by atoms with E-state index in [0.29, 0.717) is 32.4 Å². The van der Waals surface area contributed by atoms with Gasteiger partial charge in [0.25, 0.3) is 5.91 Å². The summed E-state index contributed by atoms with van der Waals surface area (Å²) >= 11 is 0. The van der Waals surface area contributed by atoms with Gasteiger partial charge in [0, 0.05) is 13.1 Å². The van der Waals surface area contributed by atoms with E-state index in [1.165, 1.54) is 7.11 Å². The first-order valence-electron chi connectivity index (χ1n) is 8.31. The van der Waals surface area contributed by atoms with Gasteiger partial charge in [0.05, 0.1) is 13.0 Å². The molecule has 1 atom stereocenters. The molecule has 0 saturated carbocycles. The highest BCUT2D eigenvalue weighted by Crippen LogP contribution is 2.19. The number of ether oxygens (including phenoxy) is 1. The molecule has 2 aliphatic rings. The normalized spacial score (nSPS) is 22.1. The molecule has 0 aromatic heterocycles. The number of esters is 1. The molecule has 0 radical (unpaired) electrons. The topological polar surface area (TPSA) is 96.0 Å². The SMILES string of the molecule is COC(=O)C1CCN(C(=O)CN2C(=O)N[C@H](CC(C)C)C2=O)CC1. The summed E-state index contributed by atoms with van der Waals surface area (Å²) in [6.45, 7) is 4.55. The standard InChI is InChI=1S/C16H25N3O5/c1-10(2)8-12-14(21)19(16(23)17-12)9-13(20)18-6-4-11(5-7-18)15(22)24-3/h10-12H,4-9H2,1-3H3,(H,17,23)/t12-/m1/s1. The van der Waals surface area contributed by atoms with Crippen molar-refractivity contribution >= 4 is 23.8 Å². The maximum atomic E-state index is 12.4. The summed E-state index contributed by atoms with van der Waals surface area (Å²) in [5, 5.41) is 2.63. The molecule has 0 bridgehead atoms. The second-order valence-electron chi connectivity index (χ2n) is 6.73. The molecular weight excluding hydrogens is 314 g/mol. The van der Waals surface area contributed by atoms with Crippen LogP contribution in [-0.4, -0.2) is 66.4 Å². The molecule has 0 spiro atoms. The maximum absolute atomic E-state index is 12.4. The zero-order valence-electron chi connectivity index (χ0n) is 14.4. The highest BCUT2D eigenvalue weighted by molar-refractivity contribution is 6.06. The van der Waals surface area contributed by atoms with E-state index < -0.39 is 12.1 Å². The summed E-state index contributed by atoms with van der Waals surface area (Å²) < 4.78 is 4.72. The first kappa shape index (κ1) is 18.2. The van der Waals surface area contributed by atoms with E-state index in [1.54, 1.807) is 4.90 Å². The average Bonchev–Trinajstić information content (AvgIpc) is 2.81. The van der Waals surface area contributed by atoms with Crippen LogP contribution in [0.3, 0.4) is 0 Å². The maximum Gasteiger partial charge on any atom is 0.325 e. The van der Waals surface area contributed by atoms with E-state index in [2.05, 4.69) is 5.32 Å². The zero-order valence-corrected chi connectivity index (χ0v) is 14.4. The molecule has 8 nitrogen and oxygen atoms in total. The highest BCUT2D eigenvalue weighted by atomic mass is 16.5. The average molecular weight is 339 g/mol. The number of urea groups is 1. The summed E-state index contributed by atoms with van der Waals surface area (Å²) in [4.78, 5) is 50.6. The van der Waals surface area contributed by atoms with Gasteiger partial charge in [-0.1, -0.05) is 13.8 Å². The molecule has 2 heterocycles. The Morgan fingerprint density at radius 3 is 2.42 bits per heavy atom. The molecular formula is C16H25N3O5. The molecule has 0 aromatic carbocycles. The van der Waals surface area contributed by atoms with Crippen molar-refractivity contribution in [2.24, 2.45) is 11.8 Å². The van der Waals surface area contributed by atoms with Crippen molar-refractivity contribution in [3.63, 3.8) is 0 Å². The molecule has 2 saturated heterocycles. The summed E-state index contributed by atoms with van der Waals surface area (Å²) in [6.07, 6.45) is 1.63. The minimum absolute atomic E-state index is 0.189. The number of piperidine rings is 1. The Balaban J connectivity index is 1.88. The molecule has 0 aliphatic carbocycles. The van der Waals surface area contributed by atoms with Gasteiger partial charge in [-0.2, -0.15) is 0 Å². The van der Waals surface area contributed by atoms with E-state index in [1.807, 2.05) is 13.8 Å². The first-order valence-corrected chi connectivity index (χ1v) is 8.31. The number of likely N-dealkylation sites (tertiary alicyclic amines) is 1. The van der Waals surface area contributed by atoms with Crippen LogP contribution in [-0.2, 0) is 19.1 Å². The number of hydrogen-bond acceptors (Lipinski definition) is 5. The van der Waals surface area contributed by atoms with Gasteiger partial charge in [0.1, 0.15) is 12.6 Å². The summed E-state index contributed by atoms with van der Waals surface area (Å²) in [7, 11) is 1.35. The van der Waals surface area contributed by atoms with Gasteiger partial charge in [-0.3, -0.25) is 19.3 Å². The van der Waals surface area contributed by atoms with Crippen LogP contribution < -0.4 is 5.32 Å². The minimum atomic E-state index is -0.546.